The Morgan fingerprint density at radius 1 is 1.25 bits per heavy atom. The van der Waals surface area contributed by atoms with Crippen molar-refractivity contribution in [1.29, 1.82) is 0 Å². The largest absolute Gasteiger partial charge is 0.349 e. The fraction of sp³-hybridized carbons (Fsp3) is 0.900. The Morgan fingerprint density at radius 2 is 1.88 bits per heavy atom. The van der Waals surface area contributed by atoms with Gasteiger partial charge < -0.3 is 10.6 Å². The summed E-state index contributed by atoms with van der Waals surface area (Å²) >= 11 is 0. The van der Waals surface area contributed by atoms with E-state index in [0.717, 1.165) is 12.8 Å². The number of hydrogen-bond donors (Lipinski definition) is 2. The van der Waals surface area contributed by atoms with Crippen LogP contribution in [0, 0.1) is 0 Å². The molecule has 1 aliphatic heterocycles. The minimum Gasteiger partial charge on any atom is -0.333 e. The third-order valence-corrected chi connectivity index (χ3v) is 5.31. The van der Waals surface area contributed by atoms with Crippen molar-refractivity contribution in [3.63, 3.8) is 0 Å². The summed E-state index contributed by atoms with van der Waals surface area (Å²) in [6.07, 6.45) is 4.41. The molecule has 1 saturated heterocycles. The van der Waals surface area contributed by atoms with Gasteiger partial charge in [0.1, 0.15) is 0 Å². The summed E-state index contributed by atoms with van der Waals surface area (Å²) in [6.45, 7) is 1.39. The van der Waals surface area contributed by atoms with Gasteiger partial charge in [0.25, 0.3) is 0 Å². The quantitative estimate of drug-likeness (QED) is 0.715. The van der Waals surface area contributed by atoms with Crippen LogP contribution in [-0.2, 0) is 9.73 Å². The highest BCUT2D eigenvalue weighted by molar-refractivity contribution is 7.94. The number of nitrogens with one attached hydrogen (secondary N) is 2. The van der Waals surface area contributed by atoms with Gasteiger partial charge in [-0.1, -0.05) is 12.8 Å². The number of rotatable bonds is 1. The fourth-order valence-corrected chi connectivity index (χ4v) is 3.87. The predicted octanol–water partition coefficient (Wildman–Crippen LogP) is 0.710. The number of amides is 2. The topological polar surface area (TPSA) is 70.6 Å². The van der Waals surface area contributed by atoms with E-state index in [9.17, 15) is 9.00 Å². The van der Waals surface area contributed by atoms with E-state index < -0.39 is 9.73 Å². The van der Waals surface area contributed by atoms with Gasteiger partial charge in [-0.2, -0.15) is 0 Å². The van der Waals surface area contributed by atoms with Gasteiger partial charge in [0.15, 0.2) is 0 Å². The molecule has 5 nitrogen and oxygen atoms in total. The van der Waals surface area contributed by atoms with Gasteiger partial charge in [0, 0.05) is 30.6 Å². The number of carbonyl (C=O) groups is 1. The molecule has 0 aromatic rings. The average Bonchev–Trinajstić information content (AvgIpc) is 2.70. The first-order valence-electron chi connectivity index (χ1n) is 5.92. The smallest absolute Gasteiger partial charge is 0.333 e. The molecular formula is C10H19N3O2S. The molecule has 0 aromatic heterocycles. The Kier molecular flexibility index (Phi) is 3.81. The molecule has 2 aliphatic rings. The summed E-state index contributed by atoms with van der Waals surface area (Å²) in [5.41, 5.74) is 0. The molecule has 0 radical (unpaired) electrons. The first-order chi connectivity index (χ1) is 7.68. The van der Waals surface area contributed by atoms with Crippen LogP contribution in [0.5, 0.6) is 0 Å². The van der Waals surface area contributed by atoms with Gasteiger partial charge >= 0.3 is 6.03 Å². The van der Waals surface area contributed by atoms with Crippen molar-refractivity contribution >= 4 is 15.8 Å². The minimum atomic E-state index is -2.28. The SMILES string of the molecule is O=C(N=S1(=O)CCNCC1)NC1CCCC1. The molecule has 1 heterocycles. The van der Waals surface area contributed by atoms with E-state index in [1.807, 2.05) is 0 Å². The van der Waals surface area contributed by atoms with Gasteiger partial charge in [0.2, 0.25) is 0 Å². The third-order valence-electron chi connectivity index (χ3n) is 3.13. The molecule has 0 unspecified atom stereocenters. The number of nitrogens with zero attached hydrogens (tertiary/aromatic N) is 1. The minimum absolute atomic E-state index is 0.251. The summed E-state index contributed by atoms with van der Waals surface area (Å²) in [5.74, 6) is 0.982. The first kappa shape index (κ1) is 11.9. The van der Waals surface area contributed by atoms with Crippen molar-refractivity contribution in [1.82, 2.24) is 10.6 Å². The maximum atomic E-state index is 12.1. The van der Waals surface area contributed by atoms with Crippen LogP contribution in [0.25, 0.3) is 0 Å². The second-order valence-electron chi connectivity index (χ2n) is 4.45. The van der Waals surface area contributed by atoms with Gasteiger partial charge in [-0.25, -0.2) is 9.00 Å². The molecule has 16 heavy (non-hydrogen) atoms. The summed E-state index contributed by atoms with van der Waals surface area (Å²) in [5, 5.41) is 5.96. The van der Waals surface area contributed by atoms with Crippen molar-refractivity contribution in [3.05, 3.63) is 0 Å². The van der Waals surface area contributed by atoms with E-state index >= 15 is 0 Å². The van der Waals surface area contributed by atoms with Crippen molar-refractivity contribution in [2.24, 2.45) is 4.36 Å². The van der Waals surface area contributed by atoms with E-state index in [4.69, 9.17) is 0 Å². The molecule has 2 amide bonds. The Hall–Kier alpha value is -0.620. The van der Waals surface area contributed by atoms with E-state index in [0.29, 0.717) is 24.6 Å². The zero-order valence-electron chi connectivity index (χ0n) is 9.41. The number of carbonyl (C=O) groups excluding carboxylic acids is 1. The maximum absolute atomic E-state index is 12.1. The molecular weight excluding hydrogens is 226 g/mol. The molecule has 0 aromatic carbocycles. The van der Waals surface area contributed by atoms with Crippen molar-refractivity contribution in [3.8, 4) is 0 Å². The average molecular weight is 245 g/mol. The Morgan fingerprint density at radius 3 is 2.50 bits per heavy atom. The standard InChI is InChI=1S/C10H19N3O2S/c14-10(12-9-3-1-2-4-9)13-16(15)7-5-11-6-8-16/h9,11H,1-8H2,(H,12,14). The van der Waals surface area contributed by atoms with Crippen LogP contribution < -0.4 is 10.6 Å². The van der Waals surface area contributed by atoms with Crippen molar-refractivity contribution < 1.29 is 9.00 Å². The van der Waals surface area contributed by atoms with Gasteiger partial charge in [0.05, 0.1) is 9.73 Å². The van der Waals surface area contributed by atoms with E-state index in [1.54, 1.807) is 0 Å². The summed E-state index contributed by atoms with van der Waals surface area (Å²) in [7, 11) is -2.28. The van der Waals surface area contributed by atoms with Crippen LogP contribution in [0.4, 0.5) is 4.79 Å². The zero-order chi connectivity index (χ0) is 11.4. The van der Waals surface area contributed by atoms with Crippen LogP contribution in [0.15, 0.2) is 4.36 Å². The highest BCUT2D eigenvalue weighted by Crippen LogP contribution is 2.17. The second-order valence-corrected chi connectivity index (χ2v) is 7.00. The van der Waals surface area contributed by atoms with E-state index in [1.165, 1.54) is 12.8 Å². The Balaban J connectivity index is 1.93. The molecule has 92 valence electrons. The zero-order valence-corrected chi connectivity index (χ0v) is 10.2. The highest BCUT2D eigenvalue weighted by Gasteiger charge is 2.19. The monoisotopic (exact) mass is 245 g/mol. The van der Waals surface area contributed by atoms with Crippen LogP contribution in [0.3, 0.4) is 0 Å². The number of hydrogen-bond acceptors (Lipinski definition) is 3. The lowest BCUT2D eigenvalue weighted by Crippen LogP contribution is -2.38. The second kappa shape index (κ2) is 5.14. The molecule has 1 saturated carbocycles. The molecule has 0 atom stereocenters. The fourth-order valence-electron chi connectivity index (χ4n) is 2.20. The lowest BCUT2D eigenvalue weighted by Gasteiger charge is -2.17. The Bertz CT molecular complexity index is 356. The maximum Gasteiger partial charge on any atom is 0.349 e. The van der Waals surface area contributed by atoms with Gasteiger partial charge in [-0.3, -0.25) is 0 Å². The van der Waals surface area contributed by atoms with Crippen LogP contribution in [-0.4, -0.2) is 40.9 Å². The molecule has 2 rings (SSSR count). The molecule has 6 heteroatoms. The highest BCUT2D eigenvalue weighted by atomic mass is 32.2. The predicted molar refractivity (Wildman–Crippen MR) is 64.0 cm³/mol. The van der Waals surface area contributed by atoms with Crippen LogP contribution in [0.2, 0.25) is 0 Å². The van der Waals surface area contributed by atoms with E-state index in [-0.39, 0.29) is 12.1 Å². The Labute approximate surface area is 96.6 Å². The number of urea groups is 1. The summed E-state index contributed by atoms with van der Waals surface area (Å²) < 4.78 is 16.0. The lowest BCUT2D eigenvalue weighted by atomic mass is 10.3. The molecule has 2 N–H and O–H groups in total. The lowest BCUT2D eigenvalue weighted by molar-refractivity contribution is 0.246. The van der Waals surface area contributed by atoms with Crippen LogP contribution in [0.1, 0.15) is 25.7 Å². The molecule has 2 fully saturated rings. The molecule has 0 spiro atoms. The summed E-state index contributed by atoms with van der Waals surface area (Å²) in [6, 6.07) is -0.125. The first-order valence-corrected chi connectivity index (χ1v) is 7.77. The van der Waals surface area contributed by atoms with Crippen LogP contribution >= 0.6 is 0 Å². The van der Waals surface area contributed by atoms with Crippen molar-refractivity contribution in [2.75, 3.05) is 24.6 Å². The normalized spacial score (nSPS) is 25.2. The molecule has 1 aliphatic carbocycles. The van der Waals surface area contributed by atoms with Gasteiger partial charge in [-0.15, -0.1) is 4.36 Å². The van der Waals surface area contributed by atoms with Gasteiger partial charge in [-0.05, 0) is 12.8 Å². The third kappa shape index (κ3) is 3.18. The summed E-state index contributed by atoms with van der Waals surface area (Å²) in [4.78, 5) is 11.6. The van der Waals surface area contributed by atoms with Crippen molar-refractivity contribution in [2.45, 2.75) is 31.7 Å². The molecule has 0 bridgehead atoms. The van der Waals surface area contributed by atoms with E-state index in [2.05, 4.69) is 15.0 Å².